The van der Waals surface area contributed by atoms with Gasteiger partial charge >= 0.3 is 0 Å². The second-order valence-corrected chi connectivity index (χ2v) is 4.68. The average molecular weight is 248 g/mol. The van der Waals surface area contributed by atoms with Gasteiger partial charge in [0.25, 0.3) is 0 Å². The Morgan fingerprint density at radius 3 is 1.84 bits per heavy atom. The molecule has 2 aromatic rings. The van der Waals surface area contributed by atoms with Crippen molar-refractivity contribution in [2.45, 2.75) is 5.60 Å². The number of ether oxygens (including phenoxy) is 1. The first-order valence-corrected chi connectivity index (χ1v) is 6.44. The summed E-state index contributed by atoms with van der Waals surface area (Å²) in [5.41, 5.74) is 2.95. The molecule has 1 aliphatic rings. The molecule has 3 rings (SSSR count). The van der Waals surface area contributed by atoms with Crippen molar-refractivity contribution in [1.29, 1.82) is 0 Å². The Morgan fingerprint density at radius 1 is 0.895 bits per heavy atom. The lowest BCUT2D eigenvalue weighted by Crippen LogP contribution is -2.25. The van der Waals surface area contributed by atoms with Crippen LogP contribution in [0.2, 0.25) is 0 Å². The van der Waals surface area contributed by atoms with Crippen LogP contribution < -0.4 is 0 Å². The van der Waals surface area contributed by atoms with E-state index in [9.17, 15) is 0 Å². The third kappa shape index (κ3) is 2.02. The molecule has 0 spiro atoms. The van der Waals surface area contributed by atoms with Gasteiger partial charge in [-0.25, -0.2) is 0 Å². The first kappa shape index (κ1) is 11.9. The van der Waals surface area contributed by atoms with Gasteiger partial charge < -0.3 is 4.74 Å². The molecular weight excluding hydrogens is 232 g/mol. The number of hydrogen-bond acceptors (Lipinski definition) is 1. The molecule has 0 amide bonds. The minimum Gasteiger partial charge on any atom is -0.357 e. The first-order chi connectivity index (χ1) is 9.35. The molecule has 1 aliphatic heterocycles. The molecule has 0 fully saturated rings. The lowest BCUT2D eigenvalue weighted by atomic mass is 9.86. The fourth-order valence-corrected chi connectivity index (χ4v) is 2.53. The molecule has 0 aromatic heterocycles. The molecule has 1 nitrogen and oxygen atoms in total. The highest BCUT2D eigenvalue weighted by molar-refractivity contribution is 5.46. The second-order valence-electron chi connectivity index (χ2n) is 4.68. The quantitative estimate of drug-likeness (QED) is 0.795. The van der Waals surface area contributed by atoms with E-state index in [0.717, 1.165) is 16.7 Å². The summed E-state index contributed by atoms with van der Waals surface area (Å²) >= 11 is 0. The zero-order valence-corrected chi connectivity index (χ0v) is 10.8. The van der Waals surface area contributed by atoms with E-state index >= 15 is 0 Å². The smallest absolute Gasteiger partial charge is 0.137 e. The van der Waals surface area contributed by atoms with E-state index in [0.29, 0.717) is 6.61 Å². The van der Waals surface area contributed by atoms with Gasteiger partial charge in [0.2, 0.25) is 0 Å². The van der Waals surface area contributed by atoms with Crippen molar-refractivity contribution in [2.24, 2.45) is 0 Å². The monoisotopic (exact) mass is 248 g/mol. The van der Waals surface area contributed by atoms with Gasteiger partial charge in [-0.1, -0.05) is 73.3 Å². The Kier molecular flexibility index (Phi) is 3.06. The number of benzene rings is 2. The molecule has 1 heteroatoms. The van der Waals surface area contributed by atoms with Crippen molar-refractivity contribution in [1.82, 2.24) is 0 Å². The molecule has 0 atom stereocenters. The van der Waals surface area contributed by atoms with E-state index in [2.05, 4.69) is 36.9 Å². The van der Waals surface area contributed by atoms with E-state index in [1.54, 1.807) is 0 Å². The minimum absolute atomic E-state index is 0.480. The lowest BCUT2D eigenvalue weighted by molar-refractivity contribution is 0.0559. The second kappa shape index (κ2) is 4.87. The van der Waals surface area contributed by atoms with Crippen LogP contribution in [0.1, 0.15) is 11.1 Å². The standard InChI is InChI=1S/C18H16O/c1-2-15-13-18(19-14-15,16-9-5-3-6-10-16)17-11-7-4-8-12-17/h2-13H,1,14H2. The van der Waals surface area contributed by atoms with Gasteiger partial charge in [-0.2, -0.15) is 0 Å². The summed E-state index contributed by atoms with van der Waals surface area (Å²) in [4.78, 5) is 0. The van der Waals surface area contributed by atoms with Gasteiger partial charge in [-0.05, 0) is 22.8 Å². The Bertz CT molecular complexity index is 557. The van der Waals surface area contributed by atoms with Crippen LogP contribution in [-0.2, 0) is 10.3 Å². The van der Waals surface area contributed by atoms with Crippen LogP contribution in [0.3, 0.4) is 0 Å². The lowest BCUT2D eigenvalue weighted by Gasteiger charge is -2.28. The predicted octanol–water partition coefficient (Wildman–Crippen LogP) is 4.07. The van der Waals surface area contributed by atoms with Crippen LogP contribution in [0.25, 0.3) is 0 Å². The number of hydrogen-bond donors (Lipinski definition) is 0. The molecule has 0 saturated carbocycles. The topological polar surface area (TPSA) is 9.23 Å². The molecule has 0 aliphatic carbocycles. The maximum atomic E-state index is 6.15. The summed E-state index contributed by atoms with van der Waals surface area (Å²) in [6.45, 7) is 4.45. The van der Waals surface area contributed by atoms with Gasteiger partial charge in [0.15, 0.2) is 0 Å². The van der Waals surface area contributed by atoms with E-state index in [1.807, 2.05) is 42.5 Å². The highest BCUT2D eigenvalue weighted by Gasteiger charge is 2.37. The third-order valence-electron chi connectivity index (χ3n) is 3.52. The zero-order valence-electron chi connectivity index (χ0n) is 10.8. The molecule has 2 aromatic carbocycles. The van der Waals surface area contributed by atoms with Crippen LogP contribution in [-0.4, -0.2) is 6.61 Å². The van der Waals surface area contributed by atoms with Crippen LogP contribution in [0, 0.1) is 0 Å². The highest BCUT2D eigenvalue weighted by Crippen LogP contribution is 2.40. The maximum Gasteiger partial charge on any atom is 0.137 e. The molecule has 0 unspecified atom stereocenters. The Labute approximate surface area is 113 Å². The van der Waals surface area contributed by atoms with Crippen molar-refractivity contribution in [3.8, 4) is 0 Å². The fraction of sp³-hybridized carbons (Fsp3) is 0.111. The largest absolute Gasteiger partial charge is 0.357 e. The molecule has 0 N–H and O–H groups in total. The molecule has 19 heavy (non-hydrogen) atoms. The first-order valence-electron chi connectivity index (χ1n) is 6.44. The van der Waals surface area contributed by atoms with Crippen molar-refractivity contribution >= 4 is 0 Å². The average Bonchev–Trinajstić information content (AvgIpc) is 2.95. The van der Waals surface area contributed by atoms with Crippen LogP contribution in [0.15, 0.2) is 85.0 Å². The molecule has 0 bridgehead atoms. The van der Waals surface area contributed by atoms with Crippen LogP contribution in [0.5, 0.6) is 0 Å². The Balaban J connectivity index is 2.18. The maximum absolute atomic E-state index is 6.15. The highest BCUT2D eigenvalue weighted by atomic mass is 16.5. The summed E-state index contributed by atoms with van der Waals surface area (Å²) in [6.07, 6.45) is 4.04. The Morgan fingerprint density at radius 2 is 1.42 bits per heavy atom. The third-order valence-corrected chi connectivity index (χ3v) is 3.52. The van der Waals surface area contributed by atoms with Gasteiger partial charge in [0.05, 0.1) is 6.61 Å². The SMILES string of the molecule is C=CC1=CC(c2ccccc2)(c2ccccc2)OC1. The number of rotatable bonds is 3. The normalized spacial score (nSPS) is 16.9. The van der Waals surface area contributed by atoms with Crippen molar-refractivity contribution in [3.63, 3.8) is 0 Å². The van der Waals surface area contributed by atoms with E-state index in [4.69, 9.17) is 4.74 Å². The fourth-order valence-electron chi connectivity index (χ4n) is 2.53. The van der Waals surface area contributed by atoms with E-state index in [-0.39, 0.29) is 0 Å². The molecular formula is C18H16O. The van der Waals surface area contributed by atoms with Crippen molar-refractivity contribution in [2.75, 3.05) is 6.61 Å². The summed E-state index contributed by atoms with van der Waals surface area (Å²) in [5, 5.41) is 0. The van der Waals surface area contributed by atoms with E-state index < -0.39 is 5.60 Å². The molecule has 0 radical (unpaired) electrons. The van der Waals surface area contributed by atoms with E-state index in [1.165, 1.54) is 0 Å². The van der Waals surface area contributed by atoms with Gasteiger partial charge in [0.1, 0.15) is 5.60 Å². The van der Waals surface area contributed by atoms with Gasteiger partial charge in [0, 0.05) is 0 Å². The molecule has 94 valence electrons. The van der Waals surface area contributed by atoms with Crippen LogP contribution >= 0.6 is 0 Å². The molecule has 0 saturated heterocycles. The minimum atomic E-state index is -0.480. The molecule has 1 heterocycles. The van der Waals surface area contributed by atoms with Crippen molar-refractivity contribution < 1.29 is 4.74 Å². The zero-order chi connectivity index (χ0) is 13.1. The summed E-state index contributed by atoms with van der Waals surface area (Å²) in [7, 11) is 0. The summed E-state index contributed by atoms with van der Waals surface area (Å²) in [5.74, 6) is 0. The van der Waals surface area contributed by atoms with Gasteiger partial charge in [-0.15, -0.1) is 0 Å². The van der Waals surface area contributed by atoms with Crippen molar-refractivity contribution in [3.05, 3.63) is 96.1 Å². The van der Waals surface area contributed by atoms with Crippen LogP contribution in [0.4, 0.5) is 0 Å². The Hall–Kier alpha value is -2.12. The van der Waals surface area contributed by atoms with Gasteiger partial charge in [-0.3, -0.25) is 0 Å². The predicted molar refractivity (Wildman–Crippen MR) is 77.9 cm³/mol. The summed E-state index contributed by atoms with van der Waals surface area (Å²) in [6, 6.07) is 20.7. The summed E-state index contributed by atoms with van der Waals surface area (Å²) < 4.78 is 6.15.